The van der Waals surface area contributed by atoms with Gasteiger partial charge >= 0.3 is 0 Å². The number of hydrogen-bond acceptors (Lipinski definition) is 5. The number of ether oxygens (including phenoxy) is 1. The molecule has 1 saturated heterocycles. The standard InChI is InChI=1S/C17H22N4O2.ClH/c1-12(2)15-11-23-9-8-21(15)17-19-14(10-16(22)20(17)3)13-4-6-18-7-5-13;/h4-7,10,12,15H,8-9,11H2,1-3H3;1H/t15-;/m0./s1. The molecular weight excluding hydrogens is 328 g/mol. The van der Waals surface area contributed by atoms with Gasteiger partial charge in [0.1, 0.15) is 0 Å². The van der Waals surface area contributed by atoms with Gasteiger partial charge in [0.15, 0.2) is 0 Å². The van der Waals surface area contributed by atoms with Crippen LogP contribution < -0.4 is 10.5 Å². The van der Waals surface area contributed by atoms with E-state index >= 15 is 0 Å². The zero-order valence-corrected chi connectivity index (χ0v) is 15.0. The van der Waals surface area contributed by atoms with E-state index in [2.05, 4.69) is 23.7 Å². The molecule has 1 aliphatic heterocycles. The van der Waals surface area contributed by atoms with Crippen molar-refractivity contribution in [1.82, 2.24) is 14.5 Å². The number of hydrogen-bond donors (Lipinski definition) is 0. The minimum Gasteiger partial charge on any atom is -0.377 e. The first kappa shape index (κ1) is 18.4. The number of pyridine rings is 1. The van der Waals surface area contributed by atoms with E-state index in [9.17, 15) is 4.79 Å². The Morgan fingerprint density at radius 3 is 2.67 bits per heavy atom. The van der Waals surface area contributed by atoms with E-state index in [4.69, 9.17) is 9.72 Å². The van der Waals surface area contributed by atoms with E-state index in [1.54, 1.807) is 30.1 Å². The molecule has 1 aliphatic rings. The van der Waals surface area contributed by atoms with Crippen molar-refractivity contribution < 1.29 is 4.74 Å². The van der Waals surface area contributed by atoms with Gasteiger partial charge in [-0.15, -0.1) is 12.4 Å². The van der Waals surface area contributed by atoms with E-state index in [1.165, 1.54) is 0 Å². The van der Waals surface area contributed by atoms with Gasteiger partial charge in [0.05, 0.1) is 24.9 Å². The summed E-state index contributed by atoms with van der Waals surface area (Å²) in [6, 6.07) is 5.52. The van der Waals surface area contributed by atoms with E-state index in [-0.39, 0.29) is 24.0 Å². The molecule has 0 aliphatic carbocycles. The second-order valence-electron chi connectivity index (χ2n) is 6.15. The van der Waals surface area contributed by atoms with Gasteiger partial charge in [-0.05, 0) is 18.1 Å². The molecule has 0 aromatic carbocycles. The number of anilines is 1. The van der Waals surface area contributed by atoms with Crippen molar-refractivity contribution >= 4 is 18.4 Å². The zero-order chi connectivity index (χ0) is 16.4. The summed E-state index contributed by atoms with van der Waals surface area (Å²) < 4.78 is 7.23. The van der Waals surface area contributed by atoms with E-state index < -0.39 is 0 Å². The van der Waals surface area contributed by atoms with Crippen LogP contribution in [0.3, 0.4) is 0 Å². The fourth-order valence-electron chi connectivity index (χ4n) is 2.88. The molecule has 1 fully saturated rings. The van der Waals surface area contributed by atoms with Crippen LogP contribution in [-0.2, 0) is 11.8 Å². The first-order valence-corrected chi connectivity index (χ1v) is 7.91. The molecule has 2 aromatic heterocycles. The van der Waals surface area contributed by atoms with Gasteiger partial charge in [-0.1, -0.05) is 13.8 Å². The Labute approximate surface area is 147 Å². The van der Waals surface area contributed by atoms with Crippen LogP contribution in [0.2, 0.25) is 0 Å². The number of nitrogens with zero attached hydrogens (tertiary/aromatic N) is 4. The Kier molecular flexibility index (Phi) is 5.96. The Balaban J connectivity index is 0.00000208. The maximum absolute atomic E-state index is 12.4. The quantitative estimate of drug-likeness (QED) is 0.848. The lowest BCUT2D eigenvalue weighted by molar-refractivity contribution is 0.0793. The molecular formula is C17H23ClN4O2. The predicted octanol–water partition coefficient (Wildman–Crippen LogP) is 2.13. The highest BCUT2D eigenvalue weighted by Crippen LogP contribution is 2.23. The van der Waals surface area contributed by atoms with Crippen LogP contribution in [0, 0.1) is 5.92 Å². The molecule has 1 atom stereocenters. The number of aromatic nitrogens is 3. The smallest absolute Gasteiger partial charge is 0.255 e. The second-order valence-corrected chi connectivity index (χ2v) is 6.15. The normalized spacial score (nSPS) is 17.7. The second kappa shape index (κ2) is 7.77. The van der Waals surface area contributed by atoms with Gasteiger partial charge in [-0.3, -0.25) is 14.3 Å². The summed E-state index contributed by atoms with van der Waals surface area (Å²) in [6.07, 6.45) is 3.42. The van der Waals surface area contributed by atoms with Gasteiger partial charge in [-0.25, -0.2) is 4.98 Å². The first-order valence-electron chi connectivity index (χ1n) is 7.91. The molecule has 2 aromatic rings. The summed E-state index contributed by atoms with van der Waals surface area (Å²) in [5, 5.41) is 0. The fourth-order valence-corrected chi connectivity index (χ4v) is 2.88. The first-order chi connectivity index (χ1) is 11.1. The summed E-state index contributed by atoms with van der Waals surface area (Å²) >= 11 is 0. The summed E-state index contributed by atoms with van der Waals surface area (Å²) in [4.78, 5) is 23.4. The minimum absolute atomic E-state index is 0. The Hall–Kier alpha value is -1.92. The van der Waals surface area contributed by atoms with Gasteiger partial charge in [-0.2, -0.15) is 0 Å². The largest absolute Gasteiger partial charge is 0.377 e. The van der Waals surface area contributed by atoms with Crippen LogP contribution in [0.15, 0.2) is 35.4 Å². The molecule has 6 nitrogen and oxygen atoms in total. The minimum atomic E-state index is -0.0594. The average Bonchev–Trinajstić information content (AvgIpc) is 2.58. The fraction of sp³-hybridized carbons (Fsp3) is 0.471. The molecule has 0 radical (unpaired) electrons. The Bertz CT molecular complexity index is 733. The Morgan fingerprint density at radius 1 is 1.29 bits per heavy atom. The number of morpholine rings is 1. The molecule has 3 rings (SSSR count). The van der Waals surface area contributed by atoms with E-state index in [0.717, 1.165) is 12.1 Å². The van der Waals surface area contributed by atoms with Crippen molar-refractivity contribution in [3.05, 3.63) is 40.9 Å². The Morgan fingerprint density at radius 2 is 2.00 bits per heavy atom. The molecule has 7 heteroatoms. The third-order valence-electron chi connectivity index (χ3n) is 4.28. The maximum Gasteiger partial charge on any atom is 0.255 e. The van der Waals surface area contributed by atoms with Crippen LogP contribution in [0.5, 0.6) is 0 Å². The van der Waals surface area contributed by atoms with Gasteiger partial charge in [0, 0.05) is 37.6 Å². The zero-order valence-electron chi connectivity index (χ0n) is 14.2. The monoisotopic (exact) mass is 350 g/mol. The molecule has 24 heavy (non-hydrogen) atoms. The highest BCUT2D eigenvalue weighted by molar-refractivity contribution is 5.85. The van der Waals surface area contributed by atoms with E-state index in [1.807, 2.05) is 12.1 Å². The maximum atomic E-state index is 12.4. The molecule has 0 unspecified atom stereocenters. The molecule has 0 saturated carbocycles. The third kappa shape index (κ3) is 3.60. The van der Waals surface area contributed by atoms with E-state index in [0.29, 0.717) is 30.8 Å². The van der Waals surface area contributed by atoms with Crippen molar-refractivity contribution in [3.8, 4) is 11.3 Å². The van der Waals surface area contributed by atoms with Crippen LogP contribution in [0.25, 0.3) is 11.3 Å². The van der Waals surface area contributed by atoms with Crippen LogP contribution in [-0.4, -0.2) is 40.3 Å². The van der Waals surface area contributed by atoms with Gasteiger partial charge in [0.25, 0.3) is 5.56 Å². The van der Waals surface area contributed by atoms with Crippen molar-refractivity contribution in [2.45, 2.75) is 19.9 Å². The average molecular weight is 351 g/mol. The summed E-state index contributed by atoms with van der Waals surface area (Å²) in [7, 11) is 1.77. The SMILES string of the molecule is CC(C)[C@@H]1COCCN1c1nc(-c2ccncc2)cc(=O)n1C.Cl. The molecule has 0 bridgehead atoms. The number of rotatable bonds is 3. The van der Waals surface area contributed by atoms with Crippen molar-refractivity contribution in [2.75, 3.05) is 24.7 Å². The summed E-state index contributed by atoms with van der Waals surface area (Å²) in [5.41, 5.74) is 1.52. The third-order valence-corrected chi connectivity index (χ3v) is 4.28. The number of halogens is 1. The molecule has 0 amide bonds. The molecule has 3 heterocycles. The van der Waals surface area contributed by atoms with Crippen LogP contribution in [0.4, 0.5) is 5.95 Å². The lowest BCUT2D eigenvalue weighted by Gasteiger charge is -2.39. The van der Waals surface area contributed by atoms with Gasteiger partial charge in [0.2, 0.25) is 5.95 Å². The predicted molar refractivity (Wildman–Crippen MR) is 96.7 cm³/mol. The topological polar surface area (TPSA) is 60.2 Å². The summed E-state index contributed by atoms with van der Waals surface area (Å²) in [6.45, 7) is 6.38. The van der Waals surface area contributed by atoms with Crippen molar-refractivity contribution in [1.29, 1.82) is 0 Å². The lowest BCUT2D eigenvalue weighted by atomic mass is 10.0. The summed E-state index contributed by atoms with van der Waals surface area (Å²) in [5.74, 6) is 1.11. The molecule has 0 N–H and O–H groups in total. The lowest BCUT2D eigenvalue weighted by Crippen LogP contribution is -2.50. The highest BCUT2D eigenvalue weighted by Gasteiger charge is 2.28. The van der Waals surface area contributed by atoms with Crippen molar-refractivity contribution in [2.24, 2.45) is 13.0 Å². The highest BCUT2D eigenvalue weighted by atomic mass is 35.5. The molecule has 130 valence electrons. The van der Waals surface area contributed by atoms with Gasteiger partial charge < -0.3 is 9.64 Å². The van der Waals surface area contributed by atoms with Crippen LogP contribution >= 0.6 is 12.4 Å². The molecule has 0 spiro atoms. The van der Waals surface area contributed by atoms with Crippen LogP contribution in [0.1, 0.15) is 13.8 Å². The van der Waals surface area contributed by atoms with Crippen molar-refractivity contribution in [3.63, 3.8) is 0 Å².